The largest absolute Gasteiger partial charge is 0.487 e. The van der Waals surface area contributed by atoms with E-state index in [1.807, 2.05) is 31.2 Å². The monoisotopic (exact) mass is 526 g/mol. The number of ether oxygens (including phenoxy) is 2. The Morgan fingerprint density at radius 2 is 1.36 bits per heavy atom. The van der Waals surface area contributed by atoms with Crippen molar-refractivity contribution >= 4 is 21.9 Å². The maximum absolute atomic E-state index is 6.74. The molecular formula is C36H46O3. The summed E-state index contributed by atoms with van der Waals surface area (Å²) in [6.07, 6.45) is 14.6. The fourth-order valence-corrected chi connectivity index (χ4v) is 4.91. The second-order valence-electron chi connectivity index (χ2n) is 11.7. The van der Waals surface area contributed by atoms with E-state index in [1.54, 1.807) is 6.08 Å². The summed E-state index contributed by atoms with van der Waals surface area (Å²) in [6.45, 7) is 29.1. The topological polar surface area (TPSA) is 31.6 Å². The molecule has 0 spiro atoms. The van der Waals surface area contributed by atoms with Crippen LogP contribution in [0.2, 0.25) is 0 Å². The second kappa shape index (κ2) is 11.7. The zero-order valence-corrected chi connectivity index (χ0v) is 25.2. The van der Waals surface area contributed by atoms with Crippen molar-refractivity contribution < 1.29 is 13.9 Å². The normalized spacial score (nSPS) is 15.5. The Kier molecular flexibility index (Phi) is 9.05. The Labute approximate surface area is 235 Å². The molecule has 2 unspecified atom stereocenters. The maximum Gasteiger partial charge on any atom is 0.135 e. The summed E-state index contributed by atoms with van der Waals surface area (Å²) in [7, 11) is 0. The van der Waals surface area contributed by atoms with E-state index in [0.29, 0.717) is 0 Å². The molecule has 0 saturated carbocycles. The van der Waals surface area contributed by atoms with Crippen molar-refractivity contribution in [3.8, 4) is 11.5 Å². The van der Waals surface area contributed by atoms with Gasteiger partial charge in [-0.3, -0.25) is 0 Å². The van der Waals surface area contributed by atoms with Gasteiger partial charge in [0.1, 0.15) is 28.3 Å². The third kappa shape index (κ3) is 6.41. The molecule has 1 aromatic heterocycles. The standard InChI is InChI=1S/C36H46O3/c1-12-16-18-35(10,14-3)24-27(7)37-30-22-28-29-23-31(26(6)21-33(29)38-32(28)20-25(30)5)39-34(8,9)36(11,15-4)19-17-13-2/h12-13,16-23H,1-2,7,14-15,24H2,3-6,8-11H3/b18-16+,19-17+. The third-order valence-electron chi connectivity index (χ3n) is 8.44. The number of benzene rings is 2. The first-order valence-corrected chi connectivity index (χ1v) is 13.9. The van der Waals surface area contributed by atoms with Crippen LogP contribution >= 0.6 is 0 Å². The number of aryl methyl sites for hydroxylation is 2. The molecule has 2 aromatic carbocycles. The molecule has 0 saturated heterocycles. The quantitative estimate of drug-likeness (QED) is 0.164. The molecule has 39 heavy (non-hydrogen) atoms. The van der Waals surface area contributed by atoms with Crippen LogP contribution in [0.1, 0.15) is 71.9 Å². The van der Waals surface area contributed by atoms with Crippen LogP contribution in [0.4, 0.5) is 0 Å². The van der Waals surface area contributed by atoms with E-state index < -0.39 is 5.60 Å². The first kappa shape index (κ1) is 30.1. The number of rotatable bonds is 13. The second-order valence-corrected chi connectivity index (χ2v) is 11.7. The molecule has 0 amide bonds. The van der Waals surface area contributed by atoms with Gasteiger partial charge in [0, 0.05) is 22.6 Å². The summed E-state index contributed by atoms with van der Waals surface area (Å²) >= 11 is 0. The van der Waals surface area contributed by atoms with Crippen molar-refractivity contribution in [3.05, 3.63) is 97.3 Å². The van der Waals surface area contributed by atoms with Crippen molar-refractivity contribution in [2.24, 2.45) is 10.8 Å². The highest BCUT2D eigenvalue weighted by Crippen LogP contribution is 2.43. The number of furan rings is 1. The maximum atomic E-state index is 6.74. The van der Waals surface area contributed by atoms with Gasteiger partial charge in [-0.1, -0.05) is 83.9 Å². The van der Waals surface area contributed by atoms with Crippen LogP contribution in [-0.2, 0) is 0 Å². The molecule has 0 aliphatic heterocycles. The molecule has 3 nitrogen and oxygen atoms in total. The zero-order chi connectivity index (χ0) is 29.0. The van der Waals surface area contributed by atoms with E-state index in [9.17, 15) is 0 Å². The van der Waals surface area contributed by atoms with Crippen molar-refractivity contribution in [2.45, 2.75) is 80.3 Å². The Morgan fingerprint density at radius 3 is 1.90 bits per heavy atom. The van der Waals surface area contributed by atoms with Crippen LogP contribution in [0.15, 0.2) is 90.6 Å². The first-order chi connectivity index (χ1) is 18.3. The van der Waals surface area contributed by atoms with E-state index in [0.717, 1.165) is 69.6 Å². The Bertz CT molecular complexity index is 1430. The first-order valence-electron chi connectivity index (χ1n) is 13.9. The summed E-state index contributed by atoms with van der Waals surface area (Å²) in [5.41, 5.74) is 3.03. The van der Waals surface area contributed by atoms with E-state index in [-0.39, 0.29) is 10.8 Å². The van der Waals surface area contributed by atoms with Crippen molar-refractivity contribution in [3.63, 3.8) is 0 Å². The van der Waals surface area contributed by atoms with Gasteiger partial charge in [0.15, 0.2) is 0 Å². The highest BCUT2D eigenvalue weighted by atomic mass is 16.5. The third-order valence-corrected chi connectivity index (χ3v) is 8.44. The van der Waals surface area contributed by atoms with Gasteiger partial charge in [0.25, 0.3) is 0 Å². The molecule has 3 heteroatoms. The number of fused-ring (bicyclic) bond motifs is 3. The summed E-state index contributed by atoms with van der Waals surface area (Å²) in [4.78, 5) is 0. The highest BCUT2D eigenvalue weighted by molar-refractivity contribution is 6.06. The van der Waals surface area contributed by atoms with Crippen LogP contribution in [0.25, 0.3) is 21.9 Å². The SMILES string of the molecule is C=C/C=C/C(C)(CC)CC(=C)Oc1cc2c(cc1C)oc1cc(C)c(OC(C)(C)C(C)(/C=C/C=C)CC)cc12. The van der Waals surface area contributed by atoms with Gasteiger partial charge in [0.2, 0.25) is 0 Å². The van der Waals surface area contributed by atoms with Gasteiger partial charge in [-0.05, 0) is 81.3 Å². The Morgan fingerprint density at radius 1 is 0.821 bits per heavy atom. The lowest BCUT2D eigenvalue weighted by Crippen LogP contribution is -2.44. The minimum Gasteiger partial charge on any atom is -0.487 e. The van der Waals surface area contributed by atoms with E-state index in [4.69, 9.17) is 13.9 Å². The predicted octanol–water partition coefficient (Wildman–Crippen LogP) is 11.0. The molecule has 3 rings (SSSR count). The van der Waals surface area contributed by atoms with Crippen LogP contribution < -0.4 is 9.47 Å². The van der Waals surface area contributed by atoms with E-state index >= 15 is 0 Å². The number of hydrogen-bond acceptors (Lipinski definition) is 3. The van der Waals surface area contributed by atoms with Crippen LogP contribution in [0, 0.1) is 24.7 Å². The molecule has 0 aliphatic rings. The van der Waals surface area contributed by atoms with Crippen LogP contribution in [-0.4, -0.2) is 5.60 Å². The molecule has 1 heterocycles. The van der Waals surface area contributed by atoms with E-state index in [2.05, 4.69) is 98.6 Å². The predicted molar refractivity (Wildman–Crippen MR) is 168 cm³/mol. The number of allylic oxidation sites excluding steroid dienone is 6. The molecule has 0 bridgehead atoms. The lowest BCUT2D eigenvalue weighted by atomic mass is 9.73. The number of hydrogen-bond donors (Lipinski definition) is 0. The lowest BCUT2D eigenvalue weighted by Gasteiger charge is -2.42. The summed E-state index contributed by atoms with van der Waals surface area (Å²) < 4.78 is 19.4. The van der Waals surface area contributed by atoms with Gasteiger partial charge in [-0.25, -0.2) is 0 Å². The van der Waals surface area contributed by atoms with Gasteiger partial charge in [-0.2, -0.15) is 0 Å². The zero-order valence-electron chi connectivity index (χ0n) is 25.2. The highest BCUT2D eigenvalue weighted by Gasteiger charge is 2.40. The van der Waals surface area contributed by atoms with Gasteiger partial charge >= 0.3 is 0 Å². The minimum atomic E-state index is -0.451. The van der Waals surface area contributed by atoms with Crippen LogP contribution in [0.5, 0.6) is 11.5 Å². The lowest BCUT2D eigenvalue weighted by molar-refractivity contribution is 0.00497. The van der Waals surface area contributed by atoms with E-state index in [1.165, 1.54) is 0 Å². The molecular weight excluding hydrogens is 480 g/mol. The molecule has 0 aliphatic carbocycles. The molecule has 208 valence electrons. The van der Waals surface area contributed by atoms with Gasteiger partial charge < -0.3 is 13.9 Å². The van der Waals surface area contributed by atoms with Crippen molar-refractivity contribution in [2.75, 3.05) is 0 Å². The molecule has 0 radical (unpaired) electrons. The molecule has 0 N–H and O–H groups in total. The Hall–Kier alpha value is -3.46. The summed E-state index contributed by atoms with van der Waals surface area (Å²) in [6, 6.07) is 8.28. The minimum absolute atomic E-state index is 0.0456. The summed E-state index contributed by atoms with van der Waals surface area (Å²) in [5, 5.41) is 2.00. The fourth-order valence-electron chi connectivity index (χ4n) is 4.91. The van der Waals surface area contributed by atoms with Crippen molar-refractivity contribution in [1.29, 1.82) is 0 Å². The fraction of sp³-hybridized carbons (Fsp3) is 0.389. The Balaban J connectivity index is 2.00. The van der Waals surface area contributed by atoms with Crippen molar-refractivity contribution in [1.82, 2.24) is 0 Å². The average Bonchev–Trinajstić information content (AvgIpc) is 3.21. The molecule has 3 aromatic rings. The average molecular weight is 527 g/mol. The smallest absolute Gasteiger partial charge is 0.135 e. The molecule has 0 fully saturated rings. The van der Waals surface area contributed by atoms with Gasteiger partial charge in [-0.15, -0.1) is 0 Å². The molecule has 2 atom stereocenters. The van der Waals surface area contributed by atoms with Crippen LogP contribution in [0.3, 0.4) is 0 Å². The summed E-state index contributed by atoms with van der Waals surface area (Å²) in [5.74, 6) is 2.37. The van der Waals surface area contributed by atoms with Gasteiger partial charge in [0.05, 0.1) is 5.76 Å².